The van der Waals surface area contributed by atoms with Crippen molar-refractivity contribution in [3.8, 4) is 6.07 Å². The van der Waals surface area contributed by atoms with Crippen LogP contribution in [0.4, 0.5) is 5.69 Å². The normalized spacial score (nSPS) is 10.8. The number of aromatic nitrogens is 2. The highest BCUT2D eigenvalue weighted by molar-refractivity contribution is 7.99. The number of hydrogen-bond acceptors (Lipinski definition) is 6. The zero-order chi connectivity index (χ0) is 18.2. The van der Waals surface area contributed by atoms with Gasteiger partial charge in [-0.25, -0.2) is 4.98 Å². The summed E-state index contributed by atoms with van der Waals surface area (Å²) in [6.07, 6.45) is 3.84. The van der Waals surface area contributed by atoms with Crippen LogP contribution in [-0.4, -0.2) is 38.6 Å². The summed E-state index contributed by atoms with van der Waals surface area (Å²) in [6, 6.07) is 5.69. The number of nitro groups is 1. The van der Waals surface area contributed by atoms with E-state index in [1.807, 2.05) is 17.9 Å². The van der Waals surface area contributed by atoms with Gasteiger partial charge in [0.15, 0.2) is 5.03 Å². The van der Waals surface area contributed by atoms with Crippen LogP contribution in [0.3, 0.4) is 0 Å². The maximum absolute atomic E-state index is 11.4. The number of pyridine rings is 1. The average molecular weight is 380 g/mol. The van der Waals surface area contributed by atoms with Gasteiger partial charge in [0.25, 0.3) is 0 Å². The van der Waals surface area contributed by atoms with Crippen molar-refractivity contribution >= 4 is 29.1 Å². The first-order chi connectivity index (χ1) is 12.0. The number of nitrogens with zero attached hydrogens (tertiary/aromatic N) is 4. The molecule has 0 atom stereocenters. The molecule has 0 radical (unpaired) electrons. The van der Waals surface area contributed by atoms with Crippen molar-refractivity contribution in [2.45, 2.75) is 24.9 Å². The summed E-state index contributed by atoms with van der Waals surface area (Å²) < 4.78 is 0. The second kappa shape index (κ2) is 9.42. The SMILES string of the molecule is CCSc1[nH]cc(CCN(CC#N)Cc2ccc(Cl)nc2)c1[N+](=O)[O-]. The van der Waals surface area contributed by atoms with E-state index in [0.717, 1.165) is 11.3 Å². The van der Waals surface area contributed by atoms with Crippen LogP contribution < -0.4 is 0 Å². The first kappa shape index (κ1) is 19.2. The maximum Gasteiger partial charge on any atom is 0.303 e. The monoisotopic (exact) mass is 379 g/mol. The van der Waals surface area contributed by atoms with Crippen LogP contribution in [0.25, 0.3) is 0 Å². The van der Waals surface area contributed by atoms with Gasteiger partial charge >= 0.3 is 5.69 Å². The van der Waals surface area contributed by atoms with Crippen LogP contribution >= 0.6 is 23.4 Å². The number of H-pyrrole nitrogens is 1. The minimum atomic E-state index is -0.346. The van der Waals surface area contributed by atoms with E-state index in [-0.39, 0.29) is 17.2 Å². The predicted molar refractivity (Wildman–Crippen MR) is 97.7 cm³/mol. The van der Waals surface area contributed by atoms with E-state index in [9.17, 15) is 10.1 Å². The Bertz CT molecular complexity index is 757. The molecule has 0 saturated carbocycles. The molecule has 9 heteroatoms. The number of thioether (sulfide) groups is 1. The van der Waals surface area contributed by atoms with Crippen molar-refractivity contribution in [2.75, 3.05) is 18.8 Å². The van der Waals surface area contributed by atoms with Crippen molar-refractivity contribution < 1.29 is 4.92 Å². The molecule has 0 aromatic carbocycles. The Morgan fingerprint density at radius 2 is 2.32 bits per heavy atom. The number of halogens is 1. The van der Waals surface area contributed by atoms with E-state index in [4.69, 9.17) is 16.9 Å². The van der Waals surface area contributed by atoms with E-state index < -0.39 is 0 Å². The molecule has 2 rings (SSSR count). The molecule has 0 aliphatic heterocycles. The lowest BCUT2D eigenvalue weighted by molar-refractivity contribution is -0.388. The Morgan fingerprint density at radius 3 is 2.92 bits per heavy atom. The number of nitrogens with one attached hydrogen (secondary N) is 1. The summed E-state index contributed by atoms with van der Waals surface area (Å²) in [7, 11) is 0. The van der Waals surface area contributed by atoms with Gasteiger partial charge in [0, 0.05) is 31.0 Å². The standard InChI is InChI=1S/C16H18ClN5O2S/c1-2-25-16-15(22(23)24)13(10-20-16)5-7-21(8-6-18)11-12-3-4-14(17)19-9-12/h3-4,9-10,20H,2,5,7-8,11H2,1H3. The quantitative estimate of drug-likeness (QED) is 0.235. The van der Waals surface area contributed by atoms with E-state index in [1.165, 1.54) is 11.8 Å². The van der Waals surface area contributed by atoms with Crippen LogP contribution in [0.2, 0.25) is 5.15 Å². The van der Waals surface area contributed by atoms with Gasteiger partial charge in [0.1, 0.15) is 5.15 Å². The molecule has 0 bridgehead atoms. The zero-order valence-electron chi connectivity index (χ0n) is 13.7. The van der Waals surface area contributed by atoms with Crippen molar-refractivity contribution in [3.63, 3.8) is 0 Å². The Labute approximate surface area is 155 Å². The van der Waals surface area contributed by atoms with Crippen molar-refractivity contribution in [1.82, 2.24) is 14.9 Å². The molecule has 0 spiro atoms. The average Bonchev–Trinajstić information content (AvgIpc) is 2.98. The molecule has 2 aromatic heterocycles. The highest BCUT2D eigenvalue weighted by Gasteiger charge is 2.22. The van der Waals surface area contributed by atoms with Crippen molar-refractivity contribution in [1.29, 1.82) is 5.26 Å². The van der Waals surface area contributed by atoms with Gasteiger partial charge in [-0.3, -0.25) is 15.0 Å². The fraction of sp³-hybridized carbons (Fsp3) is 0.375. The molecule has 2 heterocycles. The van der Waals surface area contributed by atoms with Crippen LogP contribution in [0.5, 0.6) is 0 Å². The molecule has 25 heavy (non-hydrogen) atoms. The summed E-state index contributed by atoms with van der Waals surface area (Å²) >= 11 is 7.19. The van der Waals surface area contributed by atoms with Crippen LogP contribution in [0.15, 0.2) is 29.6 Å². The van der Waals surface area contributed by atoms with Gasteiger partial charge in [0.2, 0.25) is 0 Å². The van der Waals surface area contributed by atoms with E-state index in [1.54, 1.807) is 18.5 Å². The molecule has 0 unspecified atom stereocenters. The van der Waals surface area contributed by atoms with Crippen molar-refractivity contribution in [2.24, 2.45) is 0 Å². The highest BCUT2D eigenvalue weighted by atomic mass is 35.5. The predicted octanol–water partition coefficient (Wildman–Crippen LogP) is 3.65. The second-order valence-electron chi connectivity index (χ2n) is 5.29. The Morgan fingerprint density at radius 1 is 1.52 bits per heavy atom. The topological polar surface area (TPSA) is 98.8 Å². The van der Waals surface area contributed by atoms with E-state index >= 15 is 0 Å². The Kier molecular flexibility index (Phi) is 7.25. The van der Waals surface area contributed by atoms with Crippen LogP contribution in [-0.2, 0) is 13.0 Å². The number of nitriles is 1. The lowest BCUT2D eigenvalue weighted by Gasteiger charge is -2.18. The minimum Gasteiger partial charge on any atom is -0.350 e. The molecule has 0 fully saturated rings. The number of rotatable bonds is 9. The van der Waals surface area contributed by atoms with Crippen molar-refractivity contribution in [3.05, 3.63) is 50.9 Å². The zero-order valence-corrected chi connectivity index (χ0v) is 15.3. The molecule has 0 aliphatic rings. The molecular formula is C16H18ClN5O2S. The lowest BCUT2D eigenvalue weighted by atomic mass is 10.2. The smallest absolute Gasteiger partial charge is 0.303 e. The van der Waals surface area contributed by atoms with Crippen LogP contribution in [0.1, 0.15) is 18.1 Å². The number of hydrogen-bond donors (Lipinski definition) is 1. The minimum absolute atomic E-state index is 0.136. The first-order valence-electron chi connectivity index (χ1n) is 7.72. The van der Waals surface area contributed by atoms with Gasteiger partial charge in [0.05, 0.1) is 17.5 Å². The number of aromatic amines is 1. The summed E-state index contributed by atoms with van der Waals surface area (Å²) in [5, 5.41) is 21.4. The van der Waals surface area contributed by atoms with Gasteiger partial charge in [-0.1, -0.05) is 24.6 Å². The fourth-order valence-corrected chi connectivity index (χ4v) is 3.32. The third kappa shape index (κ3) is 5.46. The third-order valence-electron chi connectivity index (χ3n) is 3.55. The van der Waals surface area contributed by atoms with Gasteiger partial charge in [-0.2, -0.15) is 5.26 Å². The van der Waals surface area contributed by atoms with E-state index in [2.05, 4.69) is 16.0 Å². The van der Waals surface area contributed by atoms with E-state index in [0.29, 0.717) is 35.3 Å². The highest BCUT2D eigenvalue weighted by Crippen LogP contribution is 2.31. The fourth-order valence-electron chi connectivity index (χ4n) is 2.43. The lowest BCUT2D eigenvalue weighted by Crippen LogP contribution is -2.26. The van der Waals surface area contributed by atoms with Crippen LogP contribution in [0, 0.1) is 21.4 Å². The van der Waals surface area contributed by atoms with Gasteiger partial charge < -0.3 is 4.98 Å². The second-order valence-corrected chi connectivity index (χ2v) is 6.95. The summed E-state index contributed by atoms with van der Waals surface area (Å²) in [4.78, 5) is 19.9. The Balaban J connectivity index is 2.07. The molecular weight excluding hydrogens is 362 g/mol. The molecule has 7 nitrogen and oxygen atoms in total. The molecule has 132 valence electrons. The molecule has 2 aromatic rings. The molecule has 1 N–H and O–H groups in total. The summed E-state index contributed by atoms with van der Waals surface area (Å²) in [6.45, 7) is 3.25. The Hall–Kier alpha value is -2.08. The largest absolute Gasteiger partial charge is 0.350 e. The first-order valence-corrected chi connectivity index (χ1v) is 9.08. The third-order valence-corrected chi connectivity index (χ3v) is 4.67. The van der Waals surface area contributed by atoms with Gasteiger partial charge in [-0.05, 0) is 23.8 Å². The summed E-state index contributed by atoms with van der Waals surface area (Å²) in [5.41, 5.74) is 1.72. The molecule has 0 aliphatic carbocycles. The maximum atomic E-state index is 11.4. The molecule has 0 amide bonds. The molecule has 0 saturated heterocycles. The van der Waals surface area contributed by atoms with Gasteiger partial charge in [-0.15, -0.1) is 11.8 Å². The summed E-state index contributed by atoms with van der Waals surface area (Å²) in [5.74, 6) is 0.755.